The highest BCUT2D eigenvalue weighted by Gasteiger charge is 2.07. The summed E-state index contributed by atoms with van der Waals surface area (Å²) in [5, 5.41) is 1.57. The molecule has 0 spiro atoms. The third-order valence-electron chi connectivity index (χ3n) is 1.21. The maximum absolute atomic E-state index is 10.3. The van der Waals surface area contributed by atoms with Crippen LogP contribution in [-0.4, -0.2) is 20.4 Å². The molecule has 11 heavy (non-hydrogen) atoms. The van der Waals surface area contributed by atoms with E-state index in [2.05, 4.69) is 0 Å². The van der Waals surface area contributed by atoms with Crippen molar-refractivity contribution in [2.45, 2.75) is 0 Å². The van der Waals surface area contributed by atoms with Crippen molar-refractivity contribution < 1.29 is 4.79 Å². The normalized spacial score (nSPS) is 9.73. The van der Waals surface area contributed by atoms with Gasteiger partial charge in [0.05, 0.1) is 9.90 Å². The highest BCUT2D eigenvalue weighted by Crippen LogP contribution is 2.33. The van der Waals surface area contributed by atoms with E-state index in [9.17, 15) is 4.79 Å². The number of thiophene rings is 1. The Hall–Kier alpha value is -0.540. The molecular formula is C7H8ClNOS. The zero-order valence-corrected chi connectivity index (χ0v) is 7.87. The molecule has 0 saturated carbocycles. The standard InChI is InChI=1S/C7H8ClNOS/c1-9(2)7-6(8)3-5(4-10)11-7/h3-4H,1-2H3. The molecular weight excluding hydrogens is 182 g/mol. The van der Waals surface area contributed by atoms with E-state index >= 15 is 0 Å². The van der Waals surface area contributed by atoms with Gasteiger partial charge in [-0.15, -0.1) is 11.3 Å². The summed E-state index contributed by atoms with van der Waals surface area (Å²) in [6.07, 6.45) is 0.809. The van der Waals surface area contributed by atoms with Gasteiger partial charge in [-0.2, -0.15) is 0 Å². The summed E-state index contributed by atoms with van der Waals surface area (Å²) in [5.41, 5.74) is 0. The van der Waals surface area contributed by atoms with Crippen LogP contribution in [0.2, 0.25) is 5.02 Å². The van der Waals surface area contributed by atoms with Crippen LogP contribution in [0.5, 0.6) is 0 Å². The van der Waals surface area contributed by atoms with Crippen LogP contribution >= 0.6 is 22.9 Å². The van der Waals surface area contributed by atoms with Crippen molar-refractivity contribution in [1.29, 1.82) is 0 Å². The number of carbonyl (C=O) groups is 1. The van der Waals surface area contributed by atoms with E-state index in [0.717, 1.165) is 11.3 Å². The van der Waals surface area contributed by atoms with E-state index in [1.807, 2.05) is 19.0 Å². The lowest BCUT2D eigenvalue weighted by molar-refractivity contribution is 0.112. The van der Waals surface area contributed by atoms with Crippen LogP contribution < -0.4 is 4.90 Å². The maximum atomic E-state index is 10.3. The molecule has 0 aliphatic carbocycles. The molecule has 0 fully saturated rings. The van der Waals surface area contributed by atoms with Gasteiger partial charge in [0, 0.05) is 14.1 Å². The SMILES string of the molecule is CN(C)c1sc(C=O)cc1Cl. The molecule has 0 aliphatic rings. The van der Waals surface area contributed by atoms with Gasteiger partial charge >= 0.3 is 0 Å². The highest BCUT2D eigenvalue weighted by molar-refractivity contribution is 7.18. The lowest BCUT2D eigenvalue weighted by Crippen LogP contribution is -2.06. The second kappa shape index (κ2) is 3.24. The van der Waals surface area contributed by atoms with E-state index in [0.29, 0.717) is 9.90 Å². The number of halogens is 1. The van der Waals surface area contributed by atoms with Gasteiger partial charge in [-0.3, -0.25) is 4.79 Å². The first-order valence-electron chi connectivity index (χ1n) is 3.07. The summed E-state index contributed by atoms with van der Waals surface area (Å²) in [7, 11) is 3.79. The zero-order valence-electron chi connectivity index (χ0n) is 6.30. The fourth-order valence-corrected chi connectivity index (χ4v) is 1.99. The monoisotopic (exact) mass is 189 g/mol. The van der Waals surface area contributed by atoms with E-state index in [4.69, 9.17) is 11.6 Å². The average Bonchev–Trinajstić information content (AvgIpc) is 2.30. The first-order valence-corrected chi connectivity index (χ1v) is 4.26. The van der Waals surface area contributed by atoms with Crippen molar-refractivity contribution in [3.8, 4) is 0 Å². The molecule has 1 rings (SSSR count). The summed E-state index contributed by atoms with van der Waals surface area (Å²) in [6.45, 7) is 0. The second-order valence-electron chi connectivity index (χ2n) is 2.31. The quantitative estimate of drug-likeness (QED) is 0.666. The Labute approximate surface area is 74.4 Å². The number of hydrogen-bond acceptors (Lipinski definition) is 3. The van der Waals surface area contributed by atoms with Gasteiger partial charge in [0.15, 0.2) is 6.29 Å². The van der Waals surface area contributed by atoms with E-state index in [1.165, 1.54) is 11.3 Å². The molecule has 2 nitrogen and oxygen atoms in total. The van der Waals surface area contributed by atoms with Crippen LogP contribution in [0.3, 0.4) is 0 Å². The summed E-state index contributed by atoms with van der Waals surface area (Å²) in [5.74, 6) is 0. The van der Waals surface area contributed by atoms with Crippen molar-refractivity contribution in [2.75, 3.05) is 19.0 Å². The minimum Gasteiger partial charge on any atom is -0.368 e. The van der Waals surface area contributed by atoms with Crippen LogP contribution in [-0.2, 0) is 0 Å². The Bertz CT molecular complexity index is 269. The molecule has 0 aliphatic heterocycles. The molecule has 0 unspecified atom stereocenters. The number of nitrogens with zero attached hydrogens (tertiary/aromatic N) is 1. The predicted octanol–water partition coefficient (Wildman–Crippen LogP) is 2.28. The number of hydrogen-bond donors (Lipinski definition) is 0. The number of rotatable bonds is 2. The first kappa shape index (κ1) is 8.56. The van der Waals surface area contributed by atoms with E-state index in [-0.39, 0.29) is 0 Å². The lowest BCUT2D eigenvalue weighted by Gasteiger charge is -2.08. The first-order chi connectivity index (χ1) is 5.15. The third-order valence-corrected chi connectivity index (χ3v) is 2.84. The molecule has 0 atom stereocenters. The smallest absolute Gasteiger partial charge is 0.160 e. The van der Waals surface area contributed by atoms with Gasteiger partial charge in [-0.1, -0.05) is 11.6 Å². The van der Waals surface area contributed by atoms with Crippen LogP contribution in [0, 0.1) is 0 Å². The fraction of sp³-hybridized carbons (Fsp3) is 0.286. The maximum Gasteiger partial charge on any atom is 0.160 e. The van der Waals surface area contributed by atoms with Crippen molar-refractivity contribution in [3.05, 3.63) is 16.0 Å². The number of anilines is 1. The van der Waals surface area contributed by atoms with Crippen LogP contribution in [0.1, 0.15) is 9.67 Å². The Morgan fingerprint density at radius 1 is 1.64 bits per heavy atom. The lowest BCUT2D eigenvalue weighted by atomic mass is 10.5. The topological polar surface area (TPSA) is 20.3 Å². The van der Waals surface area contributed by atoms with Crippen LogP contribution in [0.4, 0.5) is 5.00 Å². The van der Waals surface area contributed by atoms with Crippen molar-refractivity contribution in [1.82, 2.24) is 0 Å². The molecule has 4 heteroatoms. The molecule has 0 saturated heterocycles. The largest absolute Gasteiger partial charge is 0.368 e. The molecule has 1 aromatic rings. The molecule has 0 aromatic carbocycles. The minimum atomic E-state index is 0.641. The summed E-state index contributed by atoms with van der Waals surface area (Å²) < 4.78 is 0. The number of carbonyl (C=O) groups excluding carboxylic acids is 1. The molecule has 0 amide bonds. The number of aldehydes is 1. The minimum absolute atomic E-state index is 0.641. The van der Waals surface area contributed by atoms with Gasteiger partial charge in [0.2, 0.25) is 0 Å². The Morgan fingerprint density at radius 2 is 2.27 bits per heavy atom. The summed E-state index contributed by atoms with van der Waals surface area (Å²) in [4.78, 5) is 12.9. The van der Waals surface area contributed by atoms with Crippen molar-refractivity contribution >= 4 is 34.2 Å². The fourth-order valence-electron chi connectivity index (χ4n) is 0.739. The molecule has 1 aromatic heterocycles. The zero-order chi connectivity index (χ0) is 8.43. The highest BCUT2D eigenvalue weighted by atomic mass is 35.5. The van der Waals surface area contributed by atoms with E-state index < -0.39 is 0 Å². The molecule has 0 N–H and O–H groups in total. The van der Waals surface area contributed by atoms with Gasteiger partial charge in [-0.25, -0.2) is 0 Å². The van der Waals surface area contributed by atoms with Crippen molar-refractivity contribution in [2.24, 2.45) is 0 Å². The van der Waals surface area contributed by atoms with Crippen LogP contribution in [0.15, 0.2) is 6.07 Å². The second-order valence-corrected chi connectivity index (χ2v) is 3.78. The van der Waals surface area contributed by atoms with E-state index in [1.54, 1.807) is 6.07 Å². The molecule has 60 valence electrons. The Balaban J connectivity index is 3.06. The predicted molar refractivity (Wildman–Crippen MR) is 49.0 cm³/mol. The van der Waals surface area contributed by atoms with Gasteiger partial charge in [0.1, 0.15) is 5.00 Å². The Kier molecular flexibility index (Phi) is 2.52. The molecule has 0 radical (unpaired) electrons. The summed E-state index contributed by atoms with van der Waals surface area (Å²) in [6, 6.07) is 1.68. The van der Waals surface area contributed by atoms with Gasteiger partial charge in [0.25, 0.3) is 0 Å². The van der Waals surface area contributed by atoms with Crippen molar-refractivity contribution in [3.63, 3.8) is 0 Å². The molecule has 0 bridgehead atoms. The van der Waals surface area contributed by atoms with Gasteiger partial charge in [-0.05, 0) is 6.07 Å². The summed E-state index contributed by atoms with van der Waals surface area (Å²) >= 11 is 7.22. The molecule has 1 heterocycles. The van der Waals surface area contributed by atoms with Gasteiger partial charge < -0.3 is 4.90 Å². The third kappa shape index (κ3) is 1.73. The average molecular weight is 190 g/mol. The van der Waals surface area contributed by atoms with Crippen LogP contribution in [0.25, 0.3) is 0 Å². The Morgan fingerprint density at radius 3 is 2.55 bits per heavy atom.